The zero-order valence-corrected chi connectivity index (χ0v) is 19.2. The van der Waals surface area contributed by atoms with Gasteiger partial charge in [0.2, 0.25) is 5.91 Å². The minimum atomic E-state index is -3.03. The van der Waals surface area contributed by atoms with E-state index in [0.717, 1.165) is 37.4 Å². The number of ether oxygens (including phenoxy) is 2. The van der Waals surface area contributed by atoms with Gasteiger partial charge in [-0.25, -0.2) is 9.78 Å². The van der Waals surface area contributed by atoms with Gasteiger partial charge in [0.1, 0.15) is 10.8 Å². The fourth-order valence-corrected chi connectivity index (χ4v) is 4.15. The highest BCUT2D eigenvalue weighted by Crippen LogP contribution is 2.26. The summed E-state index contributed by atoms with van der Waals surface area (Å²) < 4.78 is 34.7. The van der Waals surface area contributed by atoms with Crippen molar-refractivity contribution in [1.29, 1.82) is 0 Å². The van der Waals surface area contributed by atoms with Crippen molar-refractivity contribution in [1.82, 2.24) is 9.88 Å². The smallest absolute Gasteiger partial charge is 0.387 e. The van der Waals surface area contributed by atoms with E-state index >= 15 is 0 Å². The lowest BCUT2D eigenvalue weighted by atomic mass is 10.2. The standard InChI is InChI=1S/C23H25F2N3O5S/c24-23(25)33-18-10-4-3-9-17(18)27-19(29)15-34-21-16(8-7-11-26-21)22(31)32-14-20(30)28-12-5-1-2-6-13-28/h3-4,7-11,23H,1-2,5-6,12-15H2,(H,27,29). The van der Waals surface area contributed by atoms with E-state index in [1.165, 1.54) is 30.5 Å². The van der Waals surface area contributed by atoms with Crippen LogP contribution in [0.4, 0.5) is 14.5 Å². The Kier molecular flexibility index (Phi) is 9.62. The van der Waals surface area contributed by atoms with Crippen molar-refractivity contribution in [3.63, 3.8) is 0 Å². The SMILES string of the molecule is O=C(CSc1ncccc1C(=O)OCC(=O)N1CCCCCC1)Nc1ccccc1OC(F)F. The number of thioether (sulfide) groups is 1. The van der Waals surface area contributed by atoms with Gasteiger partial charge in [-0.3, -0.25) is 9.59 Å². The van der Waals surface area contributed by atoms with Crippen LogP contribution in [0.5, 0.6) is 5.75 Å². The molecule has 0 radical (unpaired) electrons. The van der Waals surface area contributed by atoms with Crippen LogP contribution >= 0.6 is 11.8 Å². The lowest BCUT2D eigenvalue weighted by Crippen LogP contribution is -2.35. The summed E-state index contributed by atoms with van der Waals surface area (Å²) in [6, 6.07) is 8.87. The number of amides is 2. The molecule has 2 heterocycles. The molecule has 1 aromatic heterocycles. The number of pyridine rings is 1. The quantitative estimate of drug-likeness (QED) is 0.417. The van der Waals surface area contributed by atoms with Crippen LogP contribution in [0, 0.1) is 0 Å². The number of hydrogen-bond donors (Lipinski definition) is 1. The van der Waals surface area contributed by atoms with Gasteiger partial charge < -0.3 is 19.7 Å². The molecular weight excluding hydrogens is 468 g/mol. The second-order valence-electron chi connectivity index (χ2n) is 7.44. The number of carbonyl (C=O) groups excluding carboxylic acids is 3. The lowest BCUT2D eigenvalue weighted by Gasteiger charge is -2.20. The number of benzene rings is 1. The molecule has 1 aliphatic heterocycles. The number of aromatic nitrogens is 1. The molecule has 1 fully saturated rings. The van der Waals surface area contributed by atoms with Crippen LogP contribution in [-0.2, 0) is 14.3 Å². The number of rotatable bonds is 9. The summed E-state index contributed by atoms with van der Waals surface area (Å²) in [5, 5.41) is 2.76. The number of carbonyl (C=O) groups is 3. The van der Waals surface area contributed by atoms with Crippen LogP contribution in [0.2, 0.25) is 0 Å². The van der Waals surface area contributed by atoms with Crippen LogP contribution < -0.4 is 10.1 Å². The molecule has 0 atom stereocenters. The van der Waals surface area contributed by atoms with Gasteiger partial charge in [-0.2, -0.15) is 8.78 Å². The van der Waals surface area contributed by atoms with Gasteiger partial charge >= 0.3 is 12.6 Å². The Morgan fingerprint density at radius 2 is 1.79 bits per heavy atom. The number of nitrogens with one attached hydrogen (secondary N) is 1. The largest absolute Gasteiger partial charge is 0.452 e. The number of halogens is 2. The maximum atomic E-state index is 12.6. The zero-order chi connectivity index (χ0) is 24.3. The molecule has 0 aliphatic carbocycles. The molecule has 2 amide bonds. The molecule has 8 nitrogen and oxygen atoms in total. The average molecular weight is 494 g/mol. The molecule has 11 heteroatoms. The molecule has 34 heavy (non-hydrogen) atoms. The third-order valence-electron chi connectivity index (χ3n) is 4.99. The molecule has 0 unspecified atom stereocenters. The lowest BCUT2D eigenvalue weighted by molar-refractivity contribution is -0.134. The van der Waals surface area contributed by atoms with Crippen molar-refractivity contribution in [3.05, 3.63) is 48.2 Å². The number of alkyl halides is 2. The van der Waals surface area contributed by atoms with Crippen molar-refractivity contribution in [3.8, 4) is 5.75 Å². The van der Waals surface area contributed by atoms with Crippen LogP contribution in [0.25, 0.3) is 0 Å². The van der Waals surface area contributed by atoms with Crippen LogP contribution in [0.1, 0.15) is 36.0 Å². The number of para-hydroxylation sites is 2. The minimum Gasteiger partial charge on any atom is -0.452 e. The van der Waals surface area contributed by atoms with E-state index in [4.69, 9.17) is 4.74 Å². The first-order chi connectivity index (χ1) is 16.4. The van der Waals surface area contributed by atoms with Crippen molar-refractivity contribution in [2.75, 3.05) is 30.8 Å². The van der Waals surface area contributed by atoms with E-state index in [9.17, 15) is 23.2 Å². The third kappa shape index (κ3) is 7.68. The Balaban J connectivity index is 1.55. The topological polar surface area (TPSA) is 97.8 Å². The van der Waals surface area contributed by atoms with Crippen molar-refractivity contribution >= 4 is 35.2 Å². The van der Waals surface area contributed by atoms with Gasteiger partial charge in [0, 0.05) is 19.3 Å². The highest BCUT2D eigenvalue weighted by Gasteiger charge is 2.20. The Morgan fingerprint density at radius 3 is 2.53 bits per heavy atom. The second kappa shape index (κ2) is 12.9. The molecule has 0 spiro atoms. The fourth-order valence-electron chi connectivity index (χ4n) is 3.37. The van der Waals surface area contributed by atoms with Gasteiger partial charge in [0.15, 0.2) is 6.61 Å². The van der Waals surface area contributed by atoms with Gasteiger partial charge in [-0.05, 0) is 37.1 Å². The molecule has 2 aromatic rings. The molecular formula is C23H25F2N3O5S. The van der Waals surface area contributed by atoms with Crippen molar-refractivity contribution in [2.24, 2.45) is 0 Å². The van der Waals surface area contributed by atoms with Crippen molar-refractivity contribution in [2.45, 2.75) is 37.3 Å². The van der Waals surface area contributed by atoms with Gasteiger partial charge in [0.25, 0.3) is 5.91 Å². The minimum absolute atomic E-state index is 0.0982. The normalized spacial score (nSPS) is 13.8. The molecule has 0 saturated carbocycles. The van der Waals surface area contributed by atoms with Crippen molar-refractivity contribution < 1.29 is 32.6 Å². The summed E-state index contributed by atoms with van der Waals surface area (Å²) in [5.41, 5.74) is 0.228. The summed E-state index contributed by atoms with van der Waals surface area (Å²) in [6.45, 7) is -2.07. The first kappa shape index (κ1) is 25.4. The van der Waals surface area contributed by atoms with E-state index < -0.39 is 18.5 Å². The Labute approximate surface area is 200 Å². The molecule has 182 valence electrons. The van der Waals surface area contributed by atoms with E-state index in [1.54, 1.807) is 17.0 Å². The summed E-state index contributed by atoms with van der Waals surface area (Å²) in [4.78, 5) is 43.1. The molecule has 0 bridgehead atoms. The Hall–Kier alpha value is -3.21. The Bertz CT molecular complexity index is 1000. The summed E-state index contributed by atoms with van der Waals surface area (Å²) >= 11 is 0.979. The predicted octanol–water partition coefficient (Wildman–Crippen LogP) is 3.97. The third-order valence-corrected chi connectivity index (χ3v) is 6.00. The van der Waals surface area contributed by atoms with Crippen LogP contribution in [0.3, 0.4) is 0 Å². The van der Waals surface area contributed by atoms with Gasteiger partial charge in [-0.1, -0.05) is 36.7 Å². The van der Waals surface area contributed by atoms with Crippen LogP contribution in [-0.4, -0.2) is 59.7 Å². The van der Waals surface area contributed by atoms with E-state index in [2.05, 4.69) is 15.0 Å². The molecule has 3 rings (SSSR count). The van der Waals surface area contributed by atoms with Crippen LogP contribution in [0.15, 0.2) is 47.6 Å². The number of likely N-dealkylation sites (tertiary alicyclic amines) is 1. The number of nitrogens with zero attached hydrogens (tertiary/aromatic N) is 2. The second-order valence-corrected chi connectivity index (χ2v) is 8.40. The van der Waals surface area contributed by atoms with Gasteiger partial charge in [-0.15, -0.1) is 0 Å². The summed E-state index contributed by atoms with van der Waals surface area (Å²) in [7, 11) is 0. The van der Waals surface area contributed by atoms with E-state index in [1.807, 2.05) is 0 Å². The molecule has 1 saturated heterocycles. The Morgan fingerprint density at radius 1 is 1.06 bits per heavy atom. The maximum absolute atomic E-state index is 12.6. The van der Waals surface area contributed by atoms with E-state index in [-0.39, 0.29) is 40.3 Å². The summed E-state index contributed by atoms with van der Waals surface area (Å²) in [6.07, 6.45) is 5.50. The summed E-state index contributed by atoms with van der Waals surface area (Å²) in [5.74, 6) is -1.76. The average Bonchev–Trinajstić information content (AvgIpc) is 3.12. The number of hydrogen-bond acceptors (Lipinski definition) is 7. The molecule has 1 N–H and O–H groups in total. The van der Waals surface area contributed by atoms with E-state index in [0.29, 0.717) is 13.1 Å². The predicted molar refractivity (Wildman–Crippen MR) is 122 cm³/mol. The first-order valence-electron chi connectivity index (χ1n) is 10.8. The molecule has 1 aliphatic rings. The first-order valence-corrected chi connectivity index (χ1v) is 11.8. The van der Waals surface area contributed by atoms with Gasteiger partial charge in [0.05, 0.1) is 17.0 Å². The number of anilines is 1. The maximum Gasteiger partial charge on any atom is 0.387 e. The highest BCUT2D eigenvalue weighted by molar-refractivity contribution is 8.00. The highest BCUT2D eigenvalue weighted by atomic mass is 32.2. The molecule has 1 aromatic carbocycles. The fraction of sp³-hybridized carbons (Fsp3) is 0.391. The number of esters is 1. The zero-order valence-electron chi connectivity index (χ0n) is 18.4. The monoisotopic (exact) mass is 493 g/mol.